The summed E-state index contributed by atoms with van der Waals surface area (Å²) in [6.07, 6.45) is 2.74. The van der Waals surface area contributed by atoms with Crippen molar-refractivity contribution in [1.29, 1.82) is 0 Å². The lowest BCUT2D eigenvalue weighted by molar-refractivity contribution is 0.0678. The van der Waals surface area contributed by atoms with E-state index in [1.54, 1.807) is 12.1 Å². The van der Waals surface area contributed by atoms with E-state index in [1.807, 2.05) is 6.07 Å². The second-order valence-electron chi connectivity index (χ2n) is 5.40. The maximum Gasteiger partial charge on any atom is 0.240 e. The number of rotatable bonds is 4. The van der Waals surface area contributed by atoms with E-state index in [9.17, 15) is 8.42 Å². The van der Waals surface area contributed by atoms with Gasteiger partial charge in [-0.25, -0.2) is 13.1 Å². The van der Waals surface area contributed by atoms with E-state index in [4.69, 9.17) is 4.74 Å². The standard InChI is InChI=1S/C14H20N2O3S/c17-20(18,16-10-11-4-7-19-8-5-11)13-1-2-14-12(9-13)3-6-15-14/h1-2,9,11,15-16H,3-8,10H2. The van der Waals surface area contributed by atoms with E-state index in [-0.39, 0.29) is 0 Å². The first-order chi connectivity index (χ1) is 9.65. The van der Waals surface area contributed by atoms with E-state index in [2.05, 4.69) is 10.0 Å². The van der Waals surface area contributed by atoms with Crippen molar-refractivity contribution >= 4 is 15.7 Å². The summed E-state index contributed by atoms with van der Waals surface area (Å²) in [4.78, 5) is 0.368. The van der Waals surface area contributed by atoms with Crippen molar-refractivity contribution in [2.45, 2.75) is 24.2 Å². The number of anilines is 1. The first-order valence-corrected chi connectivity index (χ1v) is 8.58. The SMILES string of the molecule is O=S(=O)(NCC1CCOCC1)c1ccc2c(c1)CCN2. The molecule has 5 nitrogen and oxygen atoms in total. The van der Waals surface area contributed by atoms with Crippen LogP contribution in [0, 0.1) is 5.92 Å². The first-order valence-electron chi connectivity index (χ1n) is 7.09. The molecular weight excluding hydrogens is 276 g/mol. The average Bonchev–Trinajstić information content (AvgIpc) is 2.94. The van der Waals surface area contributed by atoms with Crippen molar-refractivity contribution in [3.8, 4) is 0 Å². The van der Waals surface area contributed by atoms with Crippen molar-refractivity contribution < 1.29 is 13.2 Å². The van der Waals surface area contributed by atoms with E-state index in [0.29, 0.717) is 17.4 Å². The molecule has 3 rings (SSSR count). The Morgan fingerprint density at radius 1 is 1.30 bits per heavy atom. The van der Waals surface area contributed by atoms with Gasteiger partial charge in [-0.3, -0.25) is 0 Å². The molecule has 1 aromatic carbocycles. The Labute approximate surface area is 119 Å². The zero-order valence-electron chi connectivity index (χ0n) is 11.4. The third kappa shape index (κ3) is 2.97. The monoisotopic (exact) mass is 296 g/mol. The van der Waals surface area contributed by atoms with Crippen LogP contribution >= 0.6 is 0 Å². The molecule has 0 unspecified atom stereocenters. The summed E-state index contributed by atoms with van der Waals surface area (Å²) >= 11 is 0. The summed E-state index contributed by atoms with van der Waals surface area (Å²) in [6, 6.07) is 5.30. The van der Waals surface area contributed by atoms with Crippen LogP contribution in [0.3, 0.4) is 0 Å². The smallest absolute Gasteiger partial charge is 0.240 e. The van der Waals surface area contributed by atoms with Gasteiger partial charge in [0.1, 0.15) is 0 Å². The fourth-order valence-electron chi connectivity index (χ4n) is 2.71. The Morgan fingerprint density at radius 3 is 2.90 bits per heavy atom. The largest absolute Gasteiger partial charge is 0.384 e. The molecule has 0 atom stereocenters. The lowest BCUT2D eigenvalue weighted by atomic mass is 10.0. The number of ether oxygens (including phenoxy) is 1. The van der Waals surface area contributed by atoms with Gasteiger partial charge in [0.15, 0.2) is 0 Å². The molecule has 1 fully saturated rings. The molecule has 2 aliphatic heterocycles. The molecule has 0 bridgehead atoms. The van der Waals surface area contributed by atoms with E-state index in [1.165, 1.54) is 0 Å². The fraction of sp³-hybridized carbons (Fsp3) is 0.571. The highest BCUT2D eigenvalue weighted by Gasteiger charge is 2.20. The second-order valence-corrected chi connectivity index (χ2v) is 7.17. The van der Waals surface area contributed by atoms with Gasteiger partial charge < -0.3 is 10.1 Å². The molecule has 20 heavy (non-hydrogen) atoms. The molecule has 0 amide bonds. The average molecular weight is 296 g/mol. The van der Waals surface area contributed by atoms with Crippen LogP contribution in [0.1, 0.15) is 18.4 Å². The maximum atomic E-state index is 12.3. The van der Waals surface area contributed by atoms with Gasteiger partial charge >= 0.3 is 0 Å². The summed E-state index contributed by atoms with van der Waals surface area (Å²) in [5, 5.41) is 3.23. The molecule has 1 saturated heterocycles. The zero-order chi connectivity index (χ0) is 14.0. The maximum absolute atomic E-state index is 12.3. The normalized spacial score (nSPS) is 19.6. The molecule has 2 heterocycles. The third-order valence-corrected chi connectivity index (χ3v) is 5.42. The van der Waals surface area contributed by atoms with Gasteiger partial charge in [0.2, 0.25) is 10.0 Å². The highest BCUT2D eigenvalue weighted by atomic mass is 32.2. The highest BCUT2D eigenvalue weighted by Crippen LogP contribution is 2.25. The number of nitrogens with one attached hydrogen (secondary N) is 2. The van der Waals surface area contributed by atoms with Gasteiger partial charge in [-0.15, -0.1) is 0 Å². The van der Waals surface area contributed by atoms with Crippen LogP contribution in [0.15, 0.2) is 23.1 Å². The molecule has 0 saturated carbocycles. The Hall–Kier alpha value is -1.11. The summed E-state index contributed by atoms with van der Waals surface area (Å²) in [5.41, 5.74) is 2.13. The fourth-order valence-corrected chi connectivity index (χ4v) is 3.88. The number of hydrogen-bond acceptors (Lipinski definition) is 4. The Morgan fingerprint density at radius 2 is 2.10 bits per heavy atom. The van der Waals surface area contributed by atoms with Crippen LogP contribution in [0.4, 0.5) is 5.69 Å². The van der Waals surface area contributed by atoms with Crippen molar-refractivity contribution in [2.24, 2.45) is 5.92 Å². The quantitative estimate of drug-likeness (QED) is 0.880. The van der Waals surface area contributed by atoms with Gasteiger partial charge in [-0.1, -0.05) is 0 Å². The zero-order valence-corrected chi connectivity index (χ0v) is 12.2. The van der Waals surface area contributed by atoms with Crippen LogP contribution in [0.25, 0.3) is 0 Å². The Kier molecular flexibility index (Phi) is 3.96. The van der Waals surface area contributed by atoms with E-state index >= 15 is 0 Å². The molecule has 6 heteroatoms. The van der Waals surface area contributed by atoms with Gasteiger partial charge in [0.05, 0.1) is 4.90 Å². The highest BCUT2D eigenvalue weighted by molar-refractivity contribution is 7.89. The number of fused-ring (bicyclic) bond motifs is 1. The Balaban J connectivity index is 1.68. The van der Waals surface area contributed by atoms with Gasteiger partial charge in [0, 0.05) is 32.0 Å². The van der Waals surface area contributed by atoms with Crippen LogP contribution in [0.2, 0.25) is 0 Å². The van der Waals surface area contributed by atoms with Crippen LogP contribution in [-0.4, -0.2) is 34.7 Å². The lowest BCUT2D eigenvalue weighted by Crippen LogP contribution is -2.32. The van der Waals surface area contributed by atoms with Crippen molar-refractivity contribution in [3.63, 3.8) is 0 Å². The predicted octanol–water partition coefficient (Wildman–Crippen LogP) is 1.36. The summed E-state index contributed by atoms with van der Waals surface area (Å²) in [7, 11) is -3.40. The van der Waals surface area contributed by atoms with Crippen LogP contribution in [-0.2, 0) is 21.2 Å². The molecular formula is C14H20N2O3S. The van der Waals surface area contributed by atoms with Gasteiger partial charge in [-0.05, 0) is 48.9 Å². The molecule has 2 N–H and O–H groups in total. The third-order valence-electron chi connectivity index (χ3n) is 4.00. The number of benzene rings is 1. The molecule has 2 aliphatic rings. The second kappa shape index (κ2) is 5.71. The van der Waals surface area contributed by atoms with Crippen molar-refractivity contribution in [3.05, 3.63) is 23.8 Å². The minimum Gasteiger partial charge on any atom is -0.384 e. The summed E-state index contributed by atoms with van der Waals surface area (Å²) in [5.74, 6) is 0.384. The molecule has 110 valence electrons. The van der Waals surface area contributed by atoms with Crippen molar-refractivity contribution in [2.75, 3.05) is 31.6 Å². The first kappa shape index (κ1) is 13.9. The van der Waals surface area contributed by atoms with Crippen LogP contribution < -0.4 is 10.0 Å². The summed E-state index contributed by atoms with van der Waals surface area (Å²) in [6.45, 7) is 2.85. The molecule has 0 aromatic heterocycles. The van der Waals surface area contributed by atoms with Gasteiger partial charge in [-0.2, -0.15) is 0 Å². The topological polar surface area (TPSA) is 67.4 Å². The number of hydrogen-bond donors (Lipinski definition) is 2. The molecule has 1 aromatic rings. The molecule has 0 aliphatic carbocycles. The Bertz CT molecular complexity index is 580. The minimum absolute atomic E-state index is 0.368. The summed E-state index contributed by atoms with van der Waals surface area (Å²) < 4.78 is 32.6. The van der Waals surface area contributed by atoms with Crippen LogP contribution in [0.5, 0.6) is 0 Å². The predicted molar refractivity (Wildman–Crippen MR) is 77.4 cm³/mol. The molecule has 0 radical (unpaired) electrons. The van der Waals surface area contributed by atoms with E-state index in [0.717, 1.165) is 50.3 Å². The minimum atomic E-state index is -3.40. The van der Waals surface area contributed by atoms with Crippen molar-refractivity contribution in [1.82, 2.24) is 4.72 Å². The number of sulfonamides is 1. The van der Waals surface area contributed by atoms with E-state index < -0.39 is 10.0 Å². The molecule has 0 spiro atoms. The van der Waals surface area contributed by atoms with Gasteiger partial charge in [0.25, 0.3) is 0 Å². The lowest BCUT2D eigenvalue weighted by Gasteiger charge is -2.22.